The van der Waals surface area contributed by atoms with Crippen LogP contribution < -0.4 is 10.6 Å². The van der Waals surface area contributed by atoms with E-state index >= 15 is 0 Å². The molecule has 0 bridgehead atoms. The second kappa shape index (κ2) is 4.98. The number of rotatable bonds is 3. The molecule has 1 aliphatic heterocycles. The molecular formula is C12H18N4O. The van der Waals surface area contributed by atoms with Crippen LogP contribution in [0.25, 0.3) is 0 Å². The Kier molecular flexibility index (Phi) is 3.20. The maximum Gasteiger partial charge on any atom is 0.132 e. The molecule has 2 heterocycles. The summed E-state index contributed by atoms with van der Waals surface area (Å²) >= 11 is 0. The average molecular weight is 234 g/mol. The third-order valence-corrected chi connectivity index (χ3v) is 3.39. The molecule has 92 valence electrons. The van der Waals surface area contributed by atoms with Gasteiger partial charge in [-0.25, -0.2) is 9.97 Å². The molecule has 2 N–H and O–H groups in total. The summed E-state index contributed by atoms with van der Waals surface area (Å²) in [4.78, 5) is 8.67. The monoisotopic (exact) mass is 234 g/mol. The van der Waals surface area contributed by atoms with Crippen LogP contribution in [-0.4, -0.2) is 42.3 Å². The Labute approximate surface area is 101 Å². The largest absolute Gasteiger partial charge is 0.378 e. The minimum atomic E-state index is 0.385. The van der Waals surface area contributed by atoms with E-state index in [0.29, 0.717) is 6.04 Å². The molecule has 1 atom stereocenters. The highest BCUT2D eigenvalue weighted by atomic mass is 16.5. The second-order valence-corrected chi connectivity index (χ2v) is 4.61. The van der Waals surface area contributed by atoms with Gasteiger partial charge in [-0.1, -0.05) is 0 Å². The Balaban J connectivity index is 1.63. The Morgan fingerprint density at radius 3 is 3.29 bits per heavy atom. The lowest BCUT2D eigenvalue weighted by molar-refractivity contribution is 0.0806. The molecule has 1 unspecified atom stereocenters. The summed E-state index contributed by atoms with van der Waals surface area (Å²) in [6.07, 6.45) is 5.06. The van der Waals surface area contributed by atoms with Crippen LogP contribution in [0.3, 0.4) is 0 Å². The van der Waals surface area contributed by atoms with E-state index in [-0.39, 0.29) is 0 Å². The van der Waals surface area contributed by atoms with Crippen molar-refractivity contribution in [1.29, 1.82) is 0 Å². The fourth-order valence-electron chi connectivity index (χ4n) is 2.48. The smallest absolute Gasteiger partial charge is 0.132 e. The molecule has 5 nitrogen and oxygen atoms in total. The van der Waals surface area contributed by atoms with E-state index in [4.69, 9.17) is 4.74 Å². The van der Waals surface area contributed by atoms with Crippen LogP contribution in [0.4, 0.5) is 5.82 Å². The zero-order valence-electron chi connectivity index (χ0n) is 9.91. The number of nitrogens with zero attached hydrogens (tertiary/aromatic N) is 2. The SMILES string of the molecule is c1nc2c(c(NCC3COCCN3)n1)CCC2. The summed E-state index contributed by atoms with van der Waals surface area (Å²) in [6, 6.07) is 0.385. The molecule has 0 radical (unpaired) electrons. The first-order valence-electron chi connectivity index (χ1n) is 6.31. The van der Waals surface area contributed by atoms with Crippen LogP contribution in [0.2, 0.25) is 0 Å². The van der Waals surface area contributed by atoms with Gasteiger partial charge in [0.1, 0.15) is 12.1 Å². The van der Waals surface area contributed by atoms with Crippen molar-refractivity contribution in [3.05, 3.63) is 17.6 Å². The number of aryl methyl sites for hydroxylation is 1. The molecule has 1 aromatic heterocycles. The molecule has 0 spiro atoms. The normalized spacial score (nSPS) is 23.4. The van der Waals surface area contributed by atoms with Crippen molar-refractivity contribution in [2.24, 2.45) is 0 Å². The zero-order chi connectivity index (χ0) is 11.5. The number of hydrogen-bond donors (Lipinski definition) is 2. The molecule has 1 aliphatic carbocycles. The van der Waals surface area contributed by atoms with E-state index in [2.05, 4.69) is 20.6 Å². The molecule has 0 aromatic carbocycles. The van der Waals surface area contributed by atoms with Crippen molar-refractivity contribution in [1.82, 2.24) is 15.3 Å². The van der Waals surface area contributed by atoms with Gasteiger partial charge in [0.25, 0.3) is 0 Å². The van der Waals surface area contributed by atoms with Crippen molar-refractivity contribution < 1.29 is 4.74 Å². The highest BCUT2D eigenvalue weighted by Crippen LogP contribution is 2.24. The predicted octanol–water partition coefficient (Wildman–Crippen LogP) is 0.366. The maximum atomic E-state index is 5.43. The van der Waals surface area contributed by atoms with Gasteiger partial charge in [0, 0.05) is 30.4 Å². The van der Waals surface area contributed by atoms with E-state index < -0.39 is 0 Å². The van der Waals surface area contributed by atoms with E-state index in [0.717, 1.165) is 45.0 Å². The fraction of sp³-hybridized carbons (Fsp3) is 0.667. The van der Waals surface area contributed by atoms with Crippen molar-refractivity contribution in [3.8, 4) is 0 Å². The van der Waals surface area contributed by atoms with Crippen LogP contribution >= 0.6 is 0 Å². The second-order valence-electron chi connectivity index (χ2n) is 4.61. The predicted molar refractivity (Wildman–Crippen MR) is 65.2 cm³/mol. The van der Waals surface area contributed by atoms with Crippen molar-refractivity contribution in [3.63, 3.8) is 0 Å². The molecule has 1 saturated heterocycles. The number of morpholine rings is 1. The summed E-state index contributed by atoms with van der Waals surface area (Å²) in [7, 11) is 0. The molecule has 5 heteroatoms. The van der Waals surface area contributed by atoms with E-state index in [9.17, 15) is 0 Å². The van der Waals surface area contributed by atoms with Gasteiger partial charge in [-0.05, 0) is 19.3 Å². The zero-order valence-corrected chi connectivity index (χ0v) is 9.91. The molecule has 3 rings (SSSR count). The fourth-order valence-corrected chi connectivity index (χ4v) is 2.48. The van der Waals surface area contributed by atoms with Crippen molar-refractivity contribution in [2.75, 3.05) is 31.6 Å². The van der Waals surface area contributed by atoms with E-state index in [1.807, 2.05) is 0 Å². The lowest BCUT2D eigenvalue weighted by Gasteiger charge is -2.24. The number of anilines is 1. The summed E-state index contributed by atoms with van der Waals surface area (Å²) in [6.45, 7) is 3.40. The third kappa shape index (κ3) is 2.40. The summed E-state index contributed by atoms with van der Waals surface area (Å²) in [5.74, 6) is 1.01. The van der Waals surface area contributed by atoms with E-state index in [1.165, 1.54) is 17.7 Å². The Morgan fingerprint density at radius 1 is 1.41 bits per heavy atom. The first-order valence-corrected chi connectivity index (χ1v) is 6.31. The van der Waals surface area contributed by atoms with Gasteiger partial charge in [-0.2, -0.15) is 0 Å². The molecule has 2 aliphatic rings. The van der Waals surface area contributed by atoms with Gasteiger partial charge in [0.05, 0.1) is 13.2 Å². The van der Waals surface area contributed by atoms with Crippen LogP contribution in [0.1, 0.15) is 17.7 Å². The van der Waals surface area contributed by atoms with Crippen LogP contribution in [0.5, 0.6) is 0 Å². The lowest BCUT2D eigenvalue weighted by Crippen LogP contribution is -2.45. The molecule has 0 saturated carbocycles. The third-order valence-electron chi connectivity index (χ3n) is 3.39. The molecule has 1 fully saturated rings. The average Bonchev–Trinajstić information content (AvgIpc) is 2.86. The van der Waals surface area contributed by atoms with Gasteiger partial charge in [-0.15, -0.1) is 0 Å². The van der Waals surface area contributed by atoms with Gasteiger partial charge in [0.2, 0.25) is 0 Å². The van der Waals surface area contributed by atoms with E-state index in [1.54, 1.807) is 6.33 Å². The first-order chi connectivity index (χ1) is 8.43. The number of aromatic nitrogens is 2. The number of hydrogen-bond acceptors (Lipinski definition) is 5. The molecule has 1 aromatic rings. The quantitative estimate of drug-likeness (QED) is 0.791. The van der Waals surface area contributed by atoms with Crippen molar-refractivity contribution >= 4 is 5.82 Å². The lowest BCUT2D eigenvalue weighted by atomic mass is 10.2. The Bertz CT molecular complexity index is 390. The summed E-state index contributed by atoms with van der Waals surface area (Å²) < 4.78 is 5.43. The highest BCUT2D eigenvalue weighted by molar-refractivity contribution is 5.48. The Morgan fingerprint density at radius 2 is 2.41 bits per heavy atom. The minimum absolute atomic E-state index is 0.385. The van der Waals surface area contributed by atoms with Crippen LogP contribution in [-0.2, 0) is 17.6 Å². The van der Waals surface area contributed by atoms with Gasteiger partial charge in [0.15, 0.2) is 0 Å². The topological polar surface area (TPSA) is 59.1 Å². The number of fused-ring (bicyclic) bond motifs is 1. The first kappa shape index (κ1) is 10.9. The Hall–Kier alpha value is -1.20. The summed E-state index contributed by atoms with van der Waals surface area (Å²) in [5.41, 5.74) is 2.53. The molecule has 0 amide bonds. The highest BCUT2D eigenvalue weighted by Gasteiger charge is 2.18. The van der Waals surface area contributed by atoms with Crippen LogP contribution in [0, 0.1) is 0 Å². The number of ether oxygens (including phenoxy) is 1. The molecule has 17 heavy (non-hydrogen) atoms. The van der Waals surface area contributed by atoms with Gasteiger partial charge < -0.3 is 15.4 Å². The maximum absolute atomic E-state index is 5.43. The summed E-state index contributed by atoms with van der Waals surface area (Å²) in [5, 5.41) is 6.85. The van der Waals surface area contributed by atoms with Gasteiger partial charge >= 0.3 is 0 Å². The van der Waals surface area contributed by atoms with Crippen molar-refractivity contribution in [2.45, 2.75) is 25.3 Å². The minimum Gasteiger partial charge on any atom is -0.378 e. The number of nitrogens with one attached hydrogen (secondary N) is 2. The van der Waals surface area contributed by atoms with Crippen LogP contribution in [0.15, 0.2) is 6.33 Å². The molecular weight excluding hydrogens is 216 g/mol. The standard InChI is InChI=1S/C12H18N4O/c1-2-10-11(3-1)15-8-16-12(10)14-6-9-7-17-5-4-13-9/h8-9,13H,1-7H2,(H,14,15,16). The van der Waals surface area contributed by atoms with Gasteiger partial charge in [-0.3, -0.25) is 0 Å².